The molecule has 1 aromatic rings. The van der Waals surface area contributed by atoms with E-state index < -0.39 is 0 Å². The fourth-order valence-electron chi connectivity index (χ4n) is 3.65. The van der Waals surface area contributed by atoms with E-state index in [-0.39, 0.29) is 17.4 Å². The molecule has 2 aliphatic carbocycles. The molecule has 1 saturated carbocycles. The van der Waals surface area contributed by atoms with Crippen LogP contribution in [-0.2, 0) is 0 Å². The van der Waals surface area contributed by atoms with Crippen molar-refractivity contribution in [3.63, 3.8) is 0 Å². The predicted molar refractivity (Wildman–Crippen MR) is 92.3 cm³/mol. The molecule has 1 heterocycles. The van der Waals surface area contributed by atoms with E-state index >= 15 is 0 Å². The van der Waals surface area contributed by atoms with E-state index in [0.29, 0.717) is 18.2 Å². The lowest BCUT2D eigenvalue weighted by molar-refractivity contribution is 0.0849. The smallest absolute Gasteiger partial charge is 0.272 e. The lowest BCUT2D eigenvalue weighted by atomic mass is 9.63. The maximum absolute atomic E-state index is 12.1. The largest absolute Gasteiger partial charge is 0.348 e. The molecule has 0 saturated heterocycles. The molecular weight excluding hydrogens is 332 g/mol. The number of nitrogens with zero attached hydrogens (tertiary/aromatic N) is 2. The molecule has 0 bridgehead atoms. The fraction of sp³-hybridized carbons (Fsp3) is 0.562. The quantitative estimate of drug-likeness (QED) is 0.873. The van der Waals surface area contributed by atoms with Crippen LogP contribution >= 0.6 is 23.1 Å². The highest BCUT2D eigenvalue weighted by Crippen LogP contribution is 2.46. The maximum Gasteiger partial charge on any atom is 0.272 e. The van der Waals surface area contributed by atoms with Gasteiger partial charge >= 0.3 is 0 Å². The predicted octanol–water partition coefficient (Wildman–Crippen LogP) is 2.85. The molecule has 2 aliphatic rings. The average Bonchev–Trinajstić information content (AvgIpc) is 3.10. The Morgan fingerprint density at radius 2 is 2.26 bits per heavy atom. The van der Waals surface area contributed by atoms with Crippen LogP contribution < -0.4 is 11.1 Å². The summed E-state index contributed by atoms with van der Waals surface area (Å²) in [6, 6.07) is 0.183. The topological polar surface area (TPSA) is 80.9 Å². The summed E-state index contributed by atoms with van der Waals surface area (Å²) < 4.78 is 3.73. The molecule has 1 aromatic heterocycles. The van der Waals surface area contributed by atoms with E-state index in [9.17, 15) is 4.79 Å². The fourth-order valence-corrected chi connectivity index (χ4v) is 4.32. The first-order valence-corrected chi connectivity index (χ1v) is 9.15. The van der Waals surface area contributed by atoms with E-state index in [2.05, 4.69) is 21.0 Å². The van der Waals surface area contributed by atoms with Crippen LogP contribution in [0.2, 0.25) is 0 Å². The summed E-state index contributed by atoms with van der Waals surface area (Å²) >= 11 is 7.39. The molecule has 3 N–H and O–H groups in total. The van der Waals surface area contributed by atoms with Gasteiger partial charge in [-0.05, 0) is 67.6 Å². The van der Waals surface area contributed by atoms with Crippen molar-refractivity contribution in [1.29, 1.82) is 0 Å². The zero-order chi connectivity index (χ0) is 16.3. The molecule has 5 nitrogen and oxygen atoms in total. The van der Waals surface area contributed by atoms with Crippen LogP contribution in [0.1, 0.15) is 42.6 Å². The third-order valence-electron chi connectivity index (χ3n) is 5.14. The minimum atomic E-state index is -0.132. The highest BCUT2D eigenvalue weighted by atomic mass is 35.5. The lowest BCUT2D eigenvalue weighted by Crippen LogP contribution is -2.46. The van der Waals surface area contributed by atoms with Crippen molar-refractivity contribution in [3.05, 3.63) is 34.3 Å². The first kappa shape index (κ1) is 16.6. The van der Waals surface area contributed by atoms with Crippen molar-refractivity contribution in [2.24, 2.45) is 17.1 Å². The van der Waals surface area contributed by atoms with Crippen LogP contribution in [0.4, 0.5) is 0 Å². The molecule has 0 spiro atoms. The highest BCUT2D eigenvalue weighted by Gasteiger charge is 2.40. The van der Waals surface area contributed by atoms with E-state index in [1.165, 1.54) is 11.5 Å². The monoisotopic (exact) mass is 352 g/mol. The van der Waals surface area contributed by atoms with Crippen molar-refractivity contribution in [1.82, 2.24) is 14.9 Å². The molecule has 3 rings (SSSR count). The van der Waals surface area contributed by atoms with Crippen LogP contribution in [0.25, 0.3) is 0 Å². The van der Waals surface area contributed by atoms with E-state index in [4.69, 9.17) is 17.3 Å². The maximum atomic E-state index is 12.1. The minimum absolute atomic E-state index is 0.0916. The van der Waals surface area contributed by atoms with E-state index in [1.807, 2.05) is 12.2 Å². The van der Waals surface area contributed by atoms with Crippen molar-refractivity contribution in [2.75, 3.05) is 6.54 Å². The molecule has 7 heteroatoms. The third-order valence-corrected chi connectivity index (χ3v) is 5.92. The van der Waals surface area contributed by atoms with Crippen molar-refractivity contribution in [3.8, 4) is 0 Å². The van der Waals surface area contributed by atoms with Gasteiger partial charge in [-0.3, -0.25) is 4.79 Å². The van der Waals surface area contributed by atoms with Gasteiger partial charge < -0.3 is 11.1 Å². The first-order chi connectivity index (χ1) is 11.1. The van der Waals surface area contributed by atoms with Gasteiger partial charge in [0.1, 0.15) is 0 Å². The average molecular weight is 353 g/mol. The second-order valence-electron chi connectivity index (χ2n) is 6.41. The standard InChI is InChI=1S/C16H21ClN4OS/c17-12-3-1-2-11(8-12)16(10-18)6-4-13(5-7-16)19-15(22)14-9-23-21-20-14/h1-3,9,11,13H,4-8,10,18H2,(H,19,22)/t11?,13-,16-. The summed E-state index contributed by atoms with van der Waals surface area (Å²) in [7, 11) is 0. The molecule has 1 unspecified atom stereocenters. The summed E-state index contributed by atoms with van der Waals surface area (Å²) in [5.41, 5.74) is 6.63. The number of nitrogens with two attached hydrogens (primary N) is 1. The number of halogens is 1. The van der Waals surface area contributed by atoms with Crippen LogP contribution in [-0.4, -0.2) is 28.1 Å². The lowest BCUT2D eigenvalue weighted by Gasteiger charge is -2.44. The molecule has 124 valence electrons. The normalized spacial score (nSPS) is 30.8. The van der Waals surface area contributed by atoms with Gasteiger partial charge in [0.05, 0.1) is 0 Å². The Kier molecular flexibility index (Phi) is 5.14. The van der Waals surface area contributed by atoms with Gasteiger partial charge in [0, 0.05) is 16.5 Å². The van der Waals surface area contributed by atoms with Gasteiger partial charge in [0.25, 0.3) is 5.91 Å². The van der Waals surface area contributed by atoms with Gasteiger partial charge in [-0.2, -0.15) is 0 Å². The van der Waals surface area contributed by atoms with Crippen LogP contribution in [0, 0.1) is 11.3 Å². The van der Waals surface area contributed by atoms with Crippen molar-refractivity contribution >= 4 is 29.0 Å². The van der Waals surface area contributed by atoms with Crippen LogP contribution in [0.5, 0.6) is 0 Å². The summed E-state index contributed by atoms with van der Waals surface area (Å²) in [5, 5.41) is 9.45. The number of hydrogen-bond donors (Lipinski definition) is 2. The minimum Gasteiger partial charge on any atom is -0.348 e. The van der Waals surface area contributed by atoms with Gasteiger partial charge in [-0.15, -0.1) is 5.10 Å². The number of rotatable bonds is 4. The molecule has 23 heavy (non-hydrogen) atoms. The highest BCUT2D eigenvalue weighted by molar-refractivity contribution is 7.03. The Morgan fingerprint density at radius 3 is 2.87 bits per heavy atom. The summed E-state index contributed by atoms with van der Waals surface area (Å²) in [6.45, 7) is 0.656. The van der Waals surface area contributed by atoms with Gasteiger partial charge in [-0.1, -0.05) is 28.2 Å². The second-order valence-corrected chi connectivity index (χ2v) is 7.51. The van der Waals surface area contributed by atoms with Crippen molar-refractivity contribution in [2.45, 2.75) is 38.1 Å². The molecule has 1 atom stereocenters. The molecule has 1 amide bonds. The van der Waals surface area contributed by atoms with E-state index in [0.717, 1.165) is 37.1 Å². The summed E-state index contributed by atoms with van der Waals surface area (Å²) in [6.07, 6.45) is 11.0. The molecular formula is C16H21ClN4OS. The number of amides is 1. The molecule has 0 radical (unpaired) electrons. The number of aromatic nitrogens is 2. The summed E-state index contributed by atoms with van der Waals surface area (Å²) in [4.78, 5) is 12.1. The Hall–Kier alpha value is -1.24. The van der Waals surface area contributed by atoms with Gasteiger partial charge in [0.2, 0.25) is 0 Å². The van der Waals surface area contributed by atoms with Crippen molar-refractivity contribution < 1.29 is 4.79 Å². The zero-order valence-corrected chi connectivity index (χ0v) is 14.4. The number of carbonyl (C=O) groups is 1. The first-order valence-electron chi connectivity index (χ1n) is 7.94. The molecule has 0 aliphatic heterocycles. The molecule has 1 fully saturated rings. The SMILES string of the molecule is NC[C@]1(C2C=CC=C(Cl)C2)CC[C@H](NC(=O)c2csnn2)CC1. The van der Waals surface area contributed by atoms with Crippen LogP contribution in [0.3, 0.4) is 0 Å². The Labute approximate surface area is 145 Å². The summed E-state index contributed by atoms with van der Waals surface area (Å²) in [5.74, 6) is 0.261. The Balaban J connectivity index is 1.59. The molecule has 0 aromatic carbocycles. The van der Waals surface area contributed by atoms with Gasteiger partial charge in [-0.25, -0.2) is 0 Å². The Morgan fingerprint density at radius 1 is 1.48 bits per heavy atom. The number of carbonyl (C=O) groups excluding carboxylic acids is 1. The second kappa shape index (κ2) is 7.11. The van der Waals surface area contributed by atoms with Gasteiger partial charge in [0.15, 0.2) is 5.69 Å². The van der Waals surface area contributed by atoms with Crippen LogP contribution in [0.15, 0.2) is 28.6 Å². The zero-order valence-electron chi connectivity index (χ0n) is 12.9. The number of nitrogens with one attached hydrogen (secondary N) is 1. The van der Waals surface area contributed by atoms with E-state index in [1.54, 1.807) is 5.38 Å². The number of allylic oxidation sites excluding steroid dienone is 4. The third kappa shape index (κ3) is 3.65. The Bertz CT molecular complexity index is 606. The number of hydrogen-bond acceptors (Lipinski definition) is 5.